The zero-order chi connectivity index (χ0) is 18.7. The summed E-state index contributed by atoms with van der Waals surface area (Å²) in [5, 5.41) is 1.87. The second-order valence-electron chi connectivity index (χ2n) is 6.10. The van der Waals surface area contributed by atoms with E-state index in [1.165, 1.54) is 34.9 Å². The zero-order valence-electron chi connectivity index (χ0n) is 14.7. The molecule has 0 radical (unpaired) electrons. The molecular formula is C17H21N3O4S2. The molecule has 2 aromatic rings. The number of carbonyl (C=O) groups is 1. The van der Waals surface area contributed by atoms with Crippen molar-refractivity contribution < 1.29 is 17.9 Å². The zero-order valence-corrected chi connectivity index (χ0v) is 16.3. The highest BCUT2D eigenvalue weighted by Crippen LogP contribution is 2.25. The lowest BCUT2D eigenvalue weighted by molar-refractivity contribution is -0.122. The number of methoxy groups -OCH3 is 1. The van der Waals surface area contributed by atoms with Crippen LogP contribution in [-0.4, -0.2) is 43.4 Å². The summed E-state index contributed by atoms with van der Waals surface area (Å²) in [6, 6.07) is 6.33. The molecule has 0 saturated carbocycles. The van der Waals surface area contributed by atoms with Gasteiger partial charge in [0.15, 0.2) is 4.80 Å². The Labute approximate surface area is 156 Å². The van der Waals surface area contributed by atoms with E-state index in [9.17, 15) is 13.2 Å². The average Bonchev–Trinajstić information content (AvgIpc) is 3.06. The van der Waals surface area contributed by atoms with Gasteiger partial charge in [0.2, 0.25) is 10.0 Å². The average molecular weight is 396 g/mol. The maximum absolute atomic E-state index is 12.7. The second kappa shape index (κ2) is 7.73. The fourth-order valence-corrected chi connectivity index (χ4v) is 5.06. The van der Waals surface area contributed by atoms with E-state index in [1.54, 1.807) is 16.7 Å². The first-order valence-corrected chi connectivity index (χ1v) is 10.6. The number of aromatic nitrogens is 1. The van der Waals surface area contributed by atoms with E-state index in [0.717, 1.165) is 0 Å². The Hall–Kier alpha value is -1.97. The quantitative estimate of drug-likeness (QED) is 0.788. The van der Waals surface area contributed by atoms with Gasteiger partial charge in [0.05, 0.1) is 12.0 Å². The van der Waals surface area contributed by atoms with Crippen molar-refractivity contribution in [3.63, 3.8) is 0 Å². The summed E-state index contributed by atoms with van der Waals surface area (Å²) in [5.74, 6) is 0.195. The Morgan fingerprint density at radius 3 is 2.42 bits per heavy atom. The lowest BCUT2D eigenvalue weighted by Gasteiger charge is -2.29. The summed E-state index contributed by atoms with van der Waals surface area (Å²) in [5.41, 5.74) is 0. The first-order valence-electron chi connectivity index (χ1n) is 8.24. The van der Waals surface area contributed by atoms with Crippen molar-refractivity contribution >= 4 is 27.3 Å². The van der Waals surface area contributed by atoms with Gasteiger partial charge in [0.25, 0.3) is 5.91 Å². The first-order chi connectivity index (χ1) is 12.4. The predicted octanol–water partition coefficient (Wildman–Crippen LogP) is 1.62. The molecule has 0 aliphatic carbocycles. The molecule has 0 bridgehead atoms. The van der Waals surface area contributed by atoms with Crippen molar-refractivity contribution in [2.24, 2.45) is 18.0 Å². The van der Waals surface area contributed by atoms with E-state index >= 15 is 0 Å². The van der Waals surface area contributed by atoms with E-state index in [4.69, 9.17) is 4.74 Å². The summed E-state index contributed by atoms with van der Waals surface area (Å²) in [4.78, 5) is 17.4. The lowest BCUT2D eigenvalue weighted by Crippen LogP contribution is -2.40. The van der Waals surface area contributed by atoms with Crippen LogP contribution < -0.4 is 9.54 Å². The molecule has 0 spiro atoms. The van der Waals surface area contributed by atoms with Crippen LogP contribution in [0.5, 0.6) is 5.75 Å². The fourth-order valence-electron chi connectivity index (χ4n) is 2.86. The van der Waals surface area contributed by atoms with Crippen molar-refractivity contribution in [2.45, 2.75) is 17.7 Å². The number of thiazole rings is 1. The minimum atomic E-state index is -3.56. The third-order valence-electron chi connectivity index (χ3n) is 4.47. The molecule has 0 atom stereocenters. The molecule has 3 rings (SSSR count). The molecule has 0 unspecified atom stereocenters. The Kier molecular flexibility index (Phi) is 5.59. The van der Waals surface area contributed by atoms with Gasteiger partial charge < -0.3 is 9.30 Å². The van der Waals surface area contributed by atoms with Gasteiger partial charge in [-0.3, -0.25) is 4.79 Å². The second-order valence-corrected chi connectivity index (χ2v) is 8.91. The van der Waals surface area contributed by atoms with Gasteiger partial charge in [-0.15, -0.1) is 11.3 Å². The predicted molar refractivity (Wildman–Crippen MR) is 98.3 cm³/mol. The van der Waals surface area contributed by atoms with Crippen LogP contribution in [0.3, 0.4) is 0 Å². The normalized spacial score (nSPS) is 17.4. The topological polar surface area (TPSA) is 81.0 Å². The minimum absolute atomic E-state index is 0.176. The summed E-state index contributed by atoms with van der Waals surface area (Å²) in [6.45, 7) is 0.633. The number of benzene rings is 1. The Morgan fingerprint density at radius 2 is 1.88 bits per heavy atom. The first kappa shape index (κ1) is 18.8. The van der Waals surface area contributed by atoms with Crippen molar-refractivity contribution in [2.75, 3.05) is 20.2 Å². The van der Waals surface area contributed by atoms with Crippen molar-refractivity contribution in [3.05, 3.63) is 40.6 Å². The van der Waals surface area contributed by atoms with Crippen LogP contribution in [-0.2, 0) is 21.9 Å². The van der Waals surface area contributed by atoms with Crippen LogP contribution in [0.4, 0.5) is 0 Å². The van der Waals surface area contributed by atoms with Gasteiger partial charge in [-0.1, -0.05) is 0 Å². The SMILES string of the molecule is COc1ccc(S(=O)(=O)N2CCC(C(=O)N=c3sccn3C)CC2)cc1. The maximum Gasteiger partial charge on any atom is 0.251 e. The summed E-state index contributed by atoms with van der Waals surface area (Å²) >= 11 is 1.41. The lowest BCUT2D eigenvalue weighted by atomic mass is 9.98. The number of piperidine rings is 1. The van der Waals surface area contributed by atoms with Gasteiger partial charge in [0.1, 0.15) is 5.75 Å². The van der Waals surface area contributed by atoms with Crippen LogP contribution in [0.15, 0.2) is 45.7 Å². The number of rotatable bonds is 4. The number of sulfonamides is 1. The van der Waals surface area contributed by atoms with Crippen LogP contribution in [0.2, 0.25) is 0 Å². The summed E-state index contributed by atoms with van der Waals surface area (Å²) in [6.07, 6.45) is 2.81. The number of hydrogen-bond acceptors (Lipinski definition) is 5. The molecule has 7 nitrogen and oxygen atoms in total. The molecule has 0 N–H and O–H groups in total. The van der Waals surface area contributed by atoms with Crippen LogP contribution in [0.25, 0.3) is 0 Å². The molecule has 1 aromatic heterocycles. The van der Waals surface area contributed by atoms with Gasteiger partial charge in [-0.05, 0) is 37.1 Å². The van der Waals surface area contributed by atoms with Crippen LogP contribution in [0.1, 0.15) is 12.8 Å². The minimum Gasteiger partial charge on any atom is -0.497 e. The van der Waals surface area contributed by atoms with Gasteiger partial charge in [0, 0.05) is 37.6 Å². The van der Waals surface area contributed by atoms with E-state index in [0.29, 0.717) is 36.5 Å². The number of aryl methyl sites for hydroxylation is 1. The highest BCUT2D eigenvalue weighted by molar-refractivity contribution is 7.89. The number of nitrogens with zero attached hydrogens (tertiary/aromatic N) is 3. The molecule has 140 valence electrons. The highest BCUT2D eigenvalue weighted by atomic mass is 32.2. The molecule has 1 saturated heterocycles. The van der Waals surface area contributed by atoms with Gasteiger partial charge in [-0.25, -0.2) is 8.42 Å². The Morgan fingerprint density at radius 1 is 1.23 bits per heavy atom. The summed E-state index contributed by atoms with van der Waals surface area (Å²) < 4.78 is 33.8. The molecular weight excluding hydrogens is 374 g/mol. The van der Waals surface area contributed by atoms with E-state index in [2.05, 4.69) is 4.99 Å². The third-order valence-corrected chi connectivity index (χ3v) is 7.23. The van der Waals surface area contributed by atoms with Crippen molar-refractivity contribution in [3.8, 4) is 5.75 Å². The smallest absolute Gasteiger partial charge is 0.251 e. The van der Waals surface area contributed by atoms with Gasteiger partial charge >= 0.3 is 0 Å². The molecule has 26 heavy (non-hydrogen) atoms. The standard InChI is InChI=1S/C17H21N3O4S2/c1-19-11-12-25-17(19)18-16(21)13-7-9-20(10-8-13)26(22,23)15-5-3-14(24-2)4-6-15/h3-6,11-13H,7-10H2,1-2H3. The fraction of sp³-hybridized carbons (Fsp3) is 0.412. The number of ether oxygens (including phenoxy) is 1. The molecule has 1 aliphatic heterocycles. The van der Waals surface area contributed by atoms with Crippen LogP contribution in [0, 0.1) is 5.92 Å². The molecule has 1 aromatic carbocycles. The Bertz CT molecular complexity index is 937. The maximum atomic E-state index is 12.7. The highest BCUT2D eigenvalue weighted by Gasteiger charge is 2.32. The van der Waals surface area contributed by atoms with Gasteiger partial charge in [-0.2, -0.15) is 9.30 Å². The number of hydrogen-bond donors (Lipinski definition) is 0. The molecule has 1 aliphatic rings. The van der Waals surface area contributed by atoms with Crippen molar-refractivity contribution in [1.82, 2.24) is 8.87 Å². The third kappa shape index (κ3) is 3.89. The monoisotopic (exact) mass is 395 g/mol. The van der Waals surface area contributed by atoms with Crippen molar-refractivity contribution in [1.29, 1.82) is 0 Å². The molecule has 1 fully saturated rings. The van der Waals surface area contributed by atoms with E-state index < -0.39 is 10.0 Å². The molecule has 9 heteroatoms. The number of carbonyl (C=O) groups excluding carboxylic acids is 1. The molecule has 1 amide bonds. The summed E-state index contributed by atoms with van der Waals surface area (Å²) in [7, 11) is -0.185. The molecule has 2 heterocycles. The van der Waals surface area contributed by atoms with E-state index in [-0.39, 0.29) is 16.7 Å². The Balaban J connectivity index is 1.67. The largest absolute Gasteiger partial charge is 0.497 e. The van der Waals surface area contributed by atoms with E-state index in [1.807, 2.05) is 18.6 Å². The number of amides is 1. The van der Waals surface area contributed by atoms with Crippen LogP contribution >= 0.6 is 11.3 Å².